The van der Waals surface area contributed by atoms with Crippen LogP contribution in [0.25, 0.3) is 22.4 Å². The standard InChI is InChI=1S/C15H16N6OS/c1-10-12(17-5-4-16-10)14-19-13(15-18-6-8-23-15)20-21(14)11-3-2-7-22-9-11/h4-6,8,11H,2-3,7,9H2,1H3. The molecule has 0 aromatic carbocycles. The summed E-state index contributed by atoms with van der Waals surface area (Å²) < 4.78 is 7.56. The maximum atomic E-state index is 5.62. The molecule has 4 heterocycles. The molecule has 1 fully saturated rings. The van der Waals surface area contributed by atoms with E-state index in [4.69, 9.17) is 14.8 Å². The van der Waals surface area contributed by atoms with Gasteiger partial charge in [0.1, 0.15) is 5.69 Å². The zero-order valence-electron chi connectivity index (χ0n) is 12.7. The summed E-state index contributed by atoms with van der Waals surface area (Å²) in [7, 11) is 0. The van der Waals surface area contributed by atoms with Crippen molar-refractivity contribution in [3.8, 4) is 22.4 Å². The summed E-state index contributed by atoms with van der Waals surface area (Å²) in [6, 6.07) is 0.168. The molecular formula is C15H16N6OS. The van der Waals surface area contributed by atoms with Gasteiger partial charge < -0.3 is 4.74 Å². The summed E-state index contributed by atoms with van der Waals surface area (Å²) in [6.07, 6.45) is 7.17. The smallest absolute Gasteiger partial charge is 0.210 e. The van der Waals surface area contributed by atoms with Gasteiger partial charge in [-0.3, -0.25) is 4.98 Å². The maximum absolute atomic E-state index is 5.62. The number of aromatic nitrogens is 6. The lowest BCUT2D eigenvalue weighted by molar-refractivity contribution is 0.0555. The normalized spacial score (nSPS) is 18.2. The van der Waals surface area contributed by atoms with Crippen molar-refractivity contribution in [2.75, 3.05) is 13.2 Å². The Bertz CT molecular complexity index is 794. The highest BCUT2D eigenvalue weighted by atomic mass is 32.1. The van der Waals surface area contributed by atoms with Crippen LogP contribution in [0, 0.1) is 6.92 Å². The van der Waals surface area contributed by atoms with Crippen molar-refractivity contribution in [3.63, 3.8) is 0 Å². The predicted molar refractivity (Wildman–Crippen MR) is 86.0 cm³/mol. The van der Waals surface area contributed by atoms with Gasteiger partial charge in [-0.15, -0.1) is 16.4 Å². The lowest BCUT2D eigenvalue weighted by Crippen LogP contribution is -2.23. The first-order valence-electron chi connectivity index (χ1n) is 7.55. The minimum atomic E-state index is 0.168. The van der Waals surface area contributed by atoms with Gasteiger partial charge in [0.15, 0.2) is 10.8 Å². The molecule has 118 valence electrons. The molecule has 1 aliphatic rings. The van der Waals surface area contributed by atoms with Crippen molar-refractivity contribution in [2.24, 2.45) is 0 Å². The van der Waals surface area contributed by atoms with Gasteiger partial charge in [0.05, 0.1) is 18.3 Å². The molecule has 7 nitrogen and oxygen atoms in total. The fraction of sp³-hybridized carbons (Fsp3) is 0.400. The second-order valence-electron chi connectivity index (χ2n) is 5.40. The largest absolute Gasteiger partial charge is 0.379 e. The Morgan fingerprint density at radius 2 is 2.13 bits per heavy atom. The van der Waals surface area contributed by atoms with Crippen molar-refractivity contribution >= 4 is 11.3 Å². The molecule has 0 radical (unpaired) electrons. The number of hydrogen-bond acceptors (Lipinski definition) is 7. The third-order valence-corrected chi connectivity index (χ3v) is 4.60. The molecule has 8 heteroatoms. The number of rotatable bonds is 3. The van der Waals surface area contributed by atoms with E-state index in [0.717, 1.165) is 41.7 Å². The van der Waals surface area contributed by atoms with E-state index in [0.29, 0.717) is 12.4 Å². The first kappa shape index (κ1) is 14.4. The highest BCUT2D eigenvalue weighted by Gasteiger charge is 2.25. The topological polar surface area (TPSA) is 78.6 Å². The minimum absolute atomic E-state index is 0.168. The van der Waals surface area contributed by atoms with Crippen LogP contribution in [0.4, 0.5) is 0 Å². The number of hydrogen-bond donors (Lipinski definition) is 0. The molecule has 0 bridgehead atoms. The molecule has 4 rings (SSSR count). The van der Waals surface area contributed by atoms with E-state index in [1.54, 1.807) is 18.6 Å². The predicted octanol–water partition coefficient (Wildman–Crippen LogP) is 2.52. The van der Waals surface area contributed by atoms with Crippen molar-refractivity contribution in [1.82, 2.24) is 29.7 Å². The van der Waals surface area contributed by atoms with Gasteiger partial charge in [-0.2, -0.15) is 0 Å². The molecule has 1 aliphatic heterocycles. The quantitative estimate of drug-likeness (QED) is 0.735. The third-order valence-electron chi connectivity index (χ3n) is 3.83. The van der Waals surface area contributed by atoms with Gasteiger partial charge >= 0.3 is 0 Å². The number of thiazole rings is 1. The van der Waals surface area contributed by atoms with Crippen LogP contribution in [0.2, 0.25) is 0 Å². The maximum Gasteiger partial charge on any atom is 0.210 e. The number of nitrogens with zero attached hydrogens (tertiary/aromatic N) is 6. The highest BCUT2D eigenvalue weighted by molar-refractivity contribution is 7.13. The van der Waals surface area contributed by atoms with E-state index in [1.165, 1.54) is 11.3 Å². The Morgan fingerprint density at radius 3 is 2.87 bits per heavy atom. The van der Waals surface area contributed by atoms with Crippen LogP contribution < -0.4 is 0 Å². The lowest BCUT2D eigenvalue weighted by Gasteiger charge is -2.23. The molecule has 0 aliphatic carbocycles. The number of ether oxygens (including phenoxy) is 1. The Hall–Kier alpha value is -2.19. The van der Waals surface area contributed by atoms with Crippen LogP contribution in [0.15, 0.2) is 24.0 Å². The number of aryl methyl sites for hydroxylation is 1. The van der Waals surface area contributed by atoms with Crippen LogP contribution in [0.1, 0.15) is 24.6 Å². The van der Waals surface area contributed by atoms with Crippen LogP contribution in [-0.4, -0.2) is 42.9 Å². The van der Waals surface area contributed by atoms with Gasteiger partial charge in [-0.25, -0.2) is 19.6 Å². The average Bonchev–Trinajstić information content (AvgIpc) is 3.26. The molecule has 0 amide bonds. The molecule has 3 aromatic heterocycles. The molecule has 23 heavy (non-hydrogen) atoms. The summed E-state index contributed by atoms with van der Waals surface area (Å²) in [5.74, 6) is 1.36. The molecule has 1 saturated heterocycles. The molecule has 0 saturated carbocycles. The second kappa shape index (κ2) is 6.13. The molecule has 0 N–H and O–H groups in total. The van der Waals surface area contributed by atoms with Gasteiger partial charge in [0.25, 0.3) is 0 Å². The fourth-order valence-corrected chi connectivity index (χ4v) is 3.27. The Labute approximate surface area is 137 Å². The van der Waals surface area contributed by atoms with Crippen LogP contribution in [-0.2, 0) is 4.74 Å². The van der Waals surface area contributed by atoms with Crippen molar-refractivity contribution in [1.29, 1.82) is 0 Å². The van der Waals surface area contributed by atoms with E-state index < -0.39 is 0 Å². The molecule has 3 aromatic rings. The van der Waals surface area contributed by atoms with E-state index in [2.05, 4.69) is 15.0 Å². The molecule has 1 unspecified atom stereocenters. The van der Waals surface area contributed by atoms with Crippen molar-refractivity contribution in [3.05, 3.63) is 29.7 Å². The van der Waals surface area contributed by atoms with Crippen LogP contribution >= 0.6 is 11.3 Å². The van der Waals surface area contributed by atoms with Gasteiger partial charge in [-0.05, 0) is 19.8 Å². The fourth-order valence-electron chi connectivity index (χ4n) is 2.71. The van der Waals surface area contributed by atoms with Gasteiger partial charge in [0.2, 0.25) is 5.82 Å². The average molecular weight is 328 g/mol. The minimum Gasteiger partial charge on any atom is -0.379 e. The van der Waals surface area contributed by atoms with E-state index >= 15 is 0 Å². The zero-order chi connectivity index (χ0) is 15.6. The monoisotopic (exact) mass is 328 g/mol. The van der Waals surface area contributed by atoms with E-state index in [9.17, 15) is 0 Å². The van der Waals surface area contributed by atoms with Crippen molar-refractivity contribution < 1.29 is 4.74 Å². The Morgan fingerprint density at radius 1 is 1.22 bits per heavy atom. The summed E-state index contributed by atoms with van der Waals surface area (Å²) in [5.41, 5.74) is 1.59. The molecule has 1 atom stereocenters. The van der Waals surface area contributed by atoms with Gasteiger partial charge in [-0.1, -0.05) is 0 Å². The summed E-state index contributed by atoms with van der Waals surface area (Å²) in [4.78, 5) is 17.8. The highest BCUT2D eigenvalue weighted by Crippen LogP contribution is 2.29. The Balaban J connectivity index is 1.83. The lowest BCUT2D eigenvalue weighted by atomic mass is 10.1. The molecular weight excluding hydrogens is 312 g/mol. The first-order chi connectivity index (χ1) is 11.3. The van der Waals surface area contributed by atoms with Crippen molar-refractivity contribution in [2.45, 2.75) is 25.8 Å². The summed E-state index contributed by atoms with van der Waals surface area (Å²) in [5, 5.41) is 7.43. The molecule has 0 spiro atoms. The Kier molecular flexibility index (Phi) is 3.84. The van der Waals surface area contributed by atoms with Gasteiger partial charge in [0, 0.05) is 30.6 Å². The van der Waals surface area contributed by atoms with Crippen LogP contribution in [0.3, 0.4) is 0 Å². The summed E-state index contributed by atoms with van der Waals surface area (Å²) in [6.45, 7) is 3.39. The zero-order valence-corrected chi connectivity index (χ0v) is 13.5. The van der Waals surface area contributed by atoms with E-state index in [1.807, 2.05) is 17.0 Å². The first-order valence-corrected chi connectivity index (χ1v) is 8.43. The van der Waals surface area contributed by atoms with E-state index in [-0.39, 0.29) is 6.04 Å². The van der Waals surface area contributed by atoms with Crippen LogP contribution in [0.5, 0.6) is 0 Å². The second-order valence-corrected chi connectivity index (χ2v) is 6.30. The summed E-state index contributed by atoms with van der Waals surface area (Å²) >= 11 is 1.53. The SMILES string of the molecule is Cc1nccnc1-c1nc(-c2nccs2)nn1C1CCCOC1. The third kappa shape index (κ3) is 2.75.